The van der Waals surface area contributed by atoms with Gasteiger partial charge in [0.2, 0.25) is 0 Å². The summed E-state index contributed by atoms with van der Waals surface area (Å²) in [4.78, 5) is 9.70. The number of rotatable bonds is 2. The summed E-state index contributed by atoms with van der Waals surface area (Å²) in [6.07, 6.45) is 0.167. The molecule has 0 spiro atoms. The van der Waals surface area contributed by atoms with Crippen LogP contribution in [0.25, 0.3) is 0 Å². The zero-order valence-electron chi connectivity index (χ0n) is 5.60. The van der Waals surface area contributed by atoms with Gasteiger partial charge in [-0.25, -0.2) is 0 Å². The van der Waals surface area contributed by atoms with Gasteiger partial charge in [0.05, 0.1) is 0 Å². The molecular formula is C5H9NaO2. The average molecular weight is 125 g/mol. The molecule has 0 aliphatic heterocycles. The number of hydrogen-bond donors (Lipinski definition) is 0. The van der Waals surface area contributed by atoms with E-state index in [-0.39, 0.29) is 41.9 Å². The van der Waals surface area contributed by atoms with Crippen LogP contribution in [0.5, 0.6) is 0 Å². The maximum absolute atomic E-state index is 9.70. The summed E-state index contributed by atoms with van der Waals surface area (Å²) < 4.78 is 0. The van der Waals surface area contributed by atoms with E-state index in [2.05, 4.69) is 0 Å². The van der Waals surface area contributed by atoms with Crippen LogP contribution in [0.15, 0.2) is 0 Å². The molecule has 0 unspecified atom stereocenters. The van der Waals surface area contributed by atoms with Crippen molar-refractivity contribution in [3.63, 3.8) is 0 Å². The molecule has 0 radical (unpaired) electrons. The fourth-order valence-corrected chi connectivity index (χ4v) is 0.333. The van der Waals surface area contributed by atoms with E-state index in [1.807, 2.05) is 13.8 Å². The molecule has 0 aliphatic rings. The van der Waals surface area contributed by atoms with Crippen LogP contribution in [-0.4, -0.2) is 5.97 Å². The normalized spacial score (nSPS) is 8.38. The Kier molecular flexibility index (Phi) is 7.91. The Morgan fingerprint density at radius 1 is 1.62 bits per heavy atom. The Morgan fingerprint density at radius 3 is 2.00 bits per heavy atom. The van der Waals surface area contributed by atoms with Gasteiger partial charge in [-0.15, -0.1) is 0 Å². The molecule has 0 heterocycles. The minimum Gasteiger partial charge on any atom is -0.550 e. The number of carbonyl (C=O) groups excluding carboxylic acids is 1. The Hall–Kier alpha value is 0.470. The maximum Gasteiger partial charge on any atom is 1.00 e. The van der Waals surface area contributed by atoms with Crippen molar-refractivity contribution in [2.75, 3.05) is 0 Å². The van der Waals surface area contributed by atoms with Gasteiger partial charge in [-0.05, 0) is 12.3 Å². The van der Waals surface area contributed by atoms with Crippen LogP contribution in [0.1, 0.15) is 20.3 Å². The van der Waals surface area contributed by atoms with E-state index in [0.717, 1.165) is 0 Å². The van der Waals surface area contributed by atoms with Gasteiger partial charge in [0.15, 0.2) is 0 Å². The Morgan fingerprint density at radius 2 is 2.00 bits per heavy atom. The third-order valence-electron chi connectivity index (χ3n) is 0.575. The molecule has 3 heteroatoms. The quantitative estimate of drug-likeness (QED) is 0.288. The first kappa shape index (κ1) is 11.3. The minimum atomic E-state index is -0.963. The molecule has 0 atom stereocenters. The van der Waals surface area contributed by atoms with Crippen molar-refractivity contribution >= 4 is 5.97 Å². The van der Waals surface area contributed by atoms with Gasteiger partial charge < -0.3 is 9.90 Å². The Labute approximate surface area is 71.6 Å². The smallest absolute Gasteiger partial charge is 0.550 e. The molecule has 0 rings (SSSR count). The fourth-order valence-electron chi connectivity index (χ4n) is 0.333. The molecule has 0 amide bonds. The second-order valence-corrected chi connectivity index (χ2v) is 1.97. The van der Waals surface area contributed by atoms with Crippen LogP contribution < -0.4 is 34.7 Å². The van der Waals surface area contributed by atoms with Gasteiger partial charge in [0, 0.05) is 5.97 Å². The molecule has 0 saturated carbocycles. The fraction of sp³-hybridized carbons (Fsp3) is 0.800. The van der Waals surface area contributed by atoms with Crippen molar-refractivity contribution in [1.82, 2.24) is 0 Å². The monoisotopic (exact) mass is 125 g/mol. The number of hydrogen-bond acceptors (Lipinski definition) is 2. The number of carboxylic acid groups (broad SMARTS) is 1. The molecule has 0 aromatic carbocycles. The van der Waals surface area contributed by atoms with Crippen LogP contribution in [0.2, 0.25) is 0 Å². The molecule has 42 valence electrons. The summed E-state index contributed by atoms with van der Waals surface area (Å²) in [6, 6.07) is 0. The number of aliphatic carboxylic acids is 1. The molecule has 0 aromatic heterocycles. The van der Waals surface area contributed by atoms with Gasteiger partial charge in [0.25, 0.3) is 0 Å². The summed E-state index contributed by atoms with van der Waals surface area (Å²) >= 11 is 0. The van der Waals surface area contributed by atoms with E-state index in [0.29, 0.717) is 0 Å². The second-order valence-electron chi connectivity index (χ2n) is 1.97. The molecular weight excluding hydrogens is 116 g/mol. The predicted octanol–water partition coefficient (Wildman–Crippen LogP) is -3.21. The van der Waals surface area contributed by atoms with Crippen molar-refractivity contribution in [3.05, 3.63) is 0 Å². The van der Waals surface area contributed by atoms with Crippen LogP contribution in [0.4, 0.5) is 0 Å². The first-order valence-electron chi connectivity index (χ1n) is 2.32. The van der Waals surface area contributed by atoms with Crippen molar-refractivity contribution in [2.24, 2.45) is 5.92 Å². The summed E-state index contributed by atoms with van der Waals surface area (Å²) in [5.41, 5.74) is 0. The van der Waals surface area contributed by atoms with Crippen LogP contribution in [0, 0.1) is 5.92 Å². The number of carboxylic acids is 1. The topological polar surface area (TPSA) is 40.1 Å². The zero-order valence-corrected chi connectivity index (χ0v) is 7.60. The van der Waals surface area contributed by atoms with Gasteiger partial charge in [0.1, 0.15) is 0 Å². The van der Waals surface area contributed by atoms with E-state index in [9.17, 15) is 9.90 Å². The van der Waals surface area contributed by atoms with Gasteiger partial charge in [-0.1, -0.05) is 13.8 Å². The number of carbonyl (C=O) groups is 1. The molecule has 2 nitrogen and oxygen atoms in total. The predicted molar refractivity (Wildman–Crippen MR) is 24.5 cm³/mol. The van der Waals surface area contributed by atoms with Crippen molar-refractivity contribution in [2.45, 2.75) is 20.3 Å². The molecule has 0 N–H and O–H groups in total. The zero-order chi connectivity index (χ0) is 5.86. The van der Waals surface area contributed by atoms with Gasteiger partial charge in [-0.2, -0.15) is 0 Å². The Balaban J connectivity index is 0. The van der Waals surface area contributed by atoms with Crippen molar-refractivity contribution in [1.29, 1.82) is 0 Å². The first-order chi connectivity index (χ1) is 3.13. The van der Waals surface area contributed by atoms with Crippen LogP contribution >= 0.6 is 0 Å². The van der Waals surface area contributed by atoms with Crippen LogP contribution in [-0.2, 0) is 4.79 Å². The molecule has 8 heavy (non-hydrogen) atoms. The largest absolute Gasteiger partial charge is 1.00 e. The van der Waals surface area contributed by atoms with Crippen molar-refractivity contribution in [3.8, 4) is 0 Å². The molecule has 0 bridgehead atoms. The van der Waals surface area contributed by atoms with Crippen molar-refractivity contribution < 1.29 is 39.5 Å². The maximum atomic E-state index is 9.70. The van der Waals surface area contributed by atoms with E-state index in [1.54, 1.807) is 0 Å². The minimum absolute atomic E-state index is 0. The Bertz CT molecular complexity index is 70.8. The standard InChI is InChI=1S/C5H10O2.Na/c1-4(2)3-5(6)7;/h4H,3H2,1-2H3,(H,6,7);/q;+1/p-1/i5+1;. The average Bonchev–Trinajstić information content (AvgIpc) is 1.27. The van der Waals surface area contributed by atoms with Gasteiger partial charge >= 0.3 is 29.6 Å². The van der Waals surface area contributed by atoms with E-state index >= 15 is 0 Å². The molecule has 0 fully saturated rings. The molecule has 0 aliphatic carbocycles. The molecule has 0 aromatic rings. The molecule has 0 saturated heterocycles. The third kappa shape index (κ3) is 9.69. The first-order valence-corrected chi connectivity index (χ1v) is 2.32. The van der Waals surface area contributed by atoms with E-state index < -0.39 is 5.97 Å². The second kappa shape index (κ2) is 5.60. The SMILES string of the molecule is CC(C)C[13C](=O)[O-].[Na+]. The summed E-state index contributed by atoms with van der Waals surface area (Å²) in [5.74, 6) is -0.750. The summed E-state index contributed by atoms with van der Waals surface area (Å²) in [6.45, 7) is 3.69. The summed E-state index contributed by atoms with van der Waals surface area (Å²) in [5, 5.41) is 9.70. The summed E-state index contributed by atoms with van der Waals surface area (Å²) in [7, 11) is 0. The van der Waals surface area contributed by atoms with Crippen LogP contribution in [0.3, 0.4) is 0 Å². The third-order valence-corrected chi connectivity index (χ3v) is 0.575. The van der Waals surface area contributed by atoms with E-state index in [4.69, 9.17) is 0 Å². The van der Waals surface area contributed by atoms with E-state index in [1.165, 1.54) is 0 Å². The van der Waals surface area contributed by atoms with Gasteiger partial charge in [-0.3, -0.25) is 0 Å².